The van der Waals surface area contributed by atoms with Crippen molar-refractivity contribution < 1.29 is 0 Å². The molecule has 11 aromatic rings. The Hall–Kier alpha value is -8.79. The lowest BCUT2D eigenvalue weighted by molar-refractivity contribution is 1.07. The Morgan fingerprint density at radius 1 is 0.209 bits per heavy atom. The molecule has 1 aromatic heterocycles. The molecule has 0 N–H and O–H groups in total. The smallest absolute Gasteiger partial charge is 0.164 e. The topological polar surface area (TPSA) is 38.7 Å². The highest BCUT2D eigenvalue weighted by molar-refractivity contribution is 6.07. The van der Waals surface area contributed by atoms with Gasteiger partial charge in [0.15, 0.2) is 17.5 Å². The van der Waals surface area contributed by atoms with Gasteiger partial charge in [-0.05, 0) is 114 Å². The highest BCUT2D eigenvalue weighted by Gasteiger charge is 2.25. The normalized spacial score (nSPS) is 11.5. The lowest BCUT2D eigenvalue weighted by Gasteiger charge is -2.24. The fourth-order valence-electron chi connectivity index (χ4n) is 9.85. The maximum absolute atomic E-state index is 5.37. The van der Waals surface area contributed by atoms with Gasteiger partial charge < -0.3 is 0 Å². The molecule has 0 bridgehead atoms. The van der Waals surface area contributed by atoms with E-state index in [0.29, 0.717) is 17.5 Å². The first-order valence-electron chi connectivity index (χ1n) is 22.9. The van der Waals surface area contributed by atoms with Crippen LogP contribution in [0.25, 0.3) is 112 Å². The summed E-state index contributed by atoms with van der Waals surface area (Å²) in [5, 5.41) is 0. The van der Waals surface area contributed by atoms with Crippen molar-refractivity contribution in [2.75, 3.05) is 0 Å². The van der Waals surface area contributed by atoms with Crippen LogP contribution >= 0.6 is 0 Å². The van der Waals surface area contributed by atoms with Crippen molar-refractivity contribution in [3.05, 3.63) is 260 Å². The summed E-state index contributed by atoms with van der Waals surface area (Å²) in [6.45, 7) is 0. The summed E-state index contributed by atoms with van der Waals surface area (Å²) in [5.74, 6) is 1.87. The third-order valence-corrected chi connectivity index (χ3v) is 13.0. The van der Waals surface area contributed by atoms with Crippen LogP contribution < -0.4 is 0 Å². The molecule has 0 unspecified atom stereocenters. The first kappa shape index (κ1) is 39.8. The molecule has 0 spiro atoms. The van der Waals surface area contributed by atoms with Gasteiger partial charge in [0.05, 0.1) is 0 Å². The minimum absolute atomic E-state index is 0.611. The molecule has 0 amide bonds. The molecule has 0 atom stereocenters. The molecule has 3 heteroatoms. The SMILES string of the molecule is c1ccc(-c2ccccc2-c2nc(-c3cccc(-c4cc(-c5ccccc5)c(-c5ccccc5)c(-c5ccccc5)c4-c4ccccc4)c3)nc(-c3ccc4c(c3)-c3ccccc3C4)n2)cc1. The van der Waals surface area contributed by atoms with Crippen molar-refractivity contribution in [1.29, 1.82) is 0 Å². The minimum atomic E-state index is 0.611. The standard InChI is InChI=1S/C64H43N3/c1-6-21-43(22-7-1)53-34-18-19-36-55(53)64-66-62(65-63(67-64)52-38-37-50-39-48-31-16-17-35-54(48)56(50)41-52)51-33-20-32-49(40-51)58-42-57(44-23-8-2-9-24-44)59(45-25-10-3-11-26-45)61(47-29-14-5-15-30-47)60(58)46-27-12-4-13-28-46/h1-38,40-42H,39H2. The maximum atomic E-state index is 5.37. The molecule has 0 fully saturated rings. The second kappa shape index (κ2) is 17.3. The van der Waals surface area contributed by atoms with Crippen molar-refractivity contribution in [3.8, 4) is 112 Å². The largest absolute Gasteiger partial charge is 0.208 e. The predicted molar refractivity (Wildman–Crippen MR) is 277 cm³/mol. The fraction of sp³-hybridized carbons (Fsp3) is 0.0156. The molecule has 3 nitrogen and oxygen atoms in total. The zero-order valence-corrected chi connectivity index (χ0v) is 36.7. The molecular formula is C64H43N3. The maximum Gasteiger partial charge on any atom is 0.164 e. The minimum Gasteiger partial charge on any atom is -0.208 e. The number of aromatic nitrogens is 3. The van der Waals surface area contributed by atoms with E-state index in [-0.39, 0.29) is 0 Å². The van der Waals surface area contributed by atoms with Crippen LogP contribution in [0.4, 0.5) is 0 Å². The first-order valence-corrected chi connectivity index (χ1v) is 22.9. The van der Waals surface area contributed by atoms with Crippen LogP contribution in [0.3, 0.4) is 0 Å². The van der Waals surface area contributed by atoms with Crippen LogP contribution in [0, 0.1) is 0 Å². The van der Waals surface area contributed by atoms with Crippen LogP contribution in [0.1, 0.15) is 11.1 Å². The van der Waals surface area contributed by atoms with Gasteiger partial charge in [-0.25, -0.2) is 15.0 Å². The van der Waals surface area contributed by atoms with Crippen molar-refractivity contribution in [2.24, 2.45) is 0 Å². The monoisotopic (exact) mass is 853 g/mol. The van der Waals surface area contributed by atoms with Crippen molar-refractivity contribution >= 4 is 0 Å². The zero-order chi connectivity index (χ0) is 44.5. The third-order valence-electron chi connectivity index (χ3n) is 13.0. The molecule has 0 radical (unpaired) electrons. The van der Waals surface area contributed by atoms with Gasteiger partial charge in [-0.3, -0.25) is 0 Å². The van der Waals surface area contributed by atoms with E-state index in [1.165, 1.54) is 33.4 Å². The number of hydrogen-bond donors (Lipinski definition) is 0. The second-order valence-electron chi connectivity index (χ2n) is 17.1. The molecular weight excluding hydrogens is 811 g/mol. The van der Waals surface area contributed by atoms with E-state index >= 15 is 0 Å². The van der Waals surface area contributed by atoms with Crippen LogP contribution in [0.2, 0.25) is 0 Å². The van der Waals surface area contributed by atoms with Crippen molar-refractivity contribution in [3.63, 3.8) is 0 Å². The summed E-state index contributed by atoms with van der Waals surface area (Å²) in [4.78, 5) is 16.0. The van der Waals surface area contributed by atoms with Crippen LogP contribution in [0.5, 0.6) is 0 Å². The molecule has 1 heterocycles. The summed E-state index contributed by atoms with van der Waals surface area (Å²) in [7, 11) is 0. The van der Waals surface area contributed by atoms with Gasteiger partial charge in [0.2, 0.25) is 0 Å². The van der Waals surface area contributed by atoms with Gasteiger partial charge in [-0.1, -0.05) is 231 Å². The quantitative estimate of drug-likeness (QED) is 0.145. The van der Waals surface area contributed by atoms with Gasteiger partial charge in [0, 0.05) is 16.7 Å². The van der Waals surface area contributed by atoms with E-state index in [1.807, 2.05) is 6.07 Å². The number of rotatable bonds is 9. The Bertz CT molecular complexity index is 3570. The number of nitrogens with zero attached hydrogens (tertiary/aromatic N) is 3. The Labute approximate surface area is 391 Å². The lowest BCUT2D eigenvalue weighted by Crippen LogP contribution is -2.02. The van der Waals surface area contributed by atoms with E-state index in [1.54, 1.807) is 0 Å². The average molecular weight is 854 g/mol. The van der Waals surface area contributed by atoms with Gasteiger partial charge in [-0.15, -0.1) is 0 Å². The van der Waals surface area contributed by atoms with Crippen LogP contribution in [0.15, 0.2) is 249 Å². The fourth-order valence-corrected chi connectivity index (χ4v) is 9.85. The van der Waals surface area contributed by atoms with Crippen molar-refractivity contribution in [1.82, 2.24) is 15.0 Å². The number of benzene rings is 10. The van der Waals surface area contributed by atoms with Gasteiger partial charge in [0.1, 0.15) is 0 Å². The highest BCUT2D eigenvalue weighted by Crippen LogP contribution is 2.50. The zero-order valence-electron chi connectivity index (χ0n) is 36.7. The molecule has 0 aliphatic heterocycles. The summed E-state index contributed by atoms with van der Waals surface area (Å²) in [5.41, 5.74) is 21.6. The summed E-state index contributed by atoms with van der Waals surface area (Å²) < 4.78 is 0. The molecule has 12 rings (SSSR count). The van der Waals surface area contributed by atoms with E-state index < -0.39 is 0 Å². The highest BCUT2D eigenvalue weighted by atomic mass is 15.0. The summed E-state index contributed by atoms with van der Waals surface area (Å²) in [6, 6.07) is 88.7. The molecule has 10 aromatic carbocycles. The predicted octanol–water partition coefficient (Wildman–Crippen LogP) is 16.4. The Morgan fingerprint density at radius 3 is 1.21 bits per heavy atom. The molecule has 1 aliphatic carbocycles. The average Bonchev–Trinajstić information content (AvgIpc) is 3.79. The third kappa shape index (κ3) is 7.53. The summed E-state index contributed by atoms with van der Waals surface area (Å²) in [6.07, 6.45) is 0.923. The summed E-state index contributed by atoms with van der Waals surface area (Å²) >= 11 is 0. The van der Waals surface area contributed by atoms with E-state index in [9.17, 15) is 0 Å². The van der Waals surface area contributed by atoms with E-state index in [2.05, 4.69) is 243 Å². The van der Waals surface area contributed by atoms with Gasteiger partial charge in [0.25, 0.3) is 0 Å². The number of hydrogen-bond acceptors (Lipinski definition) is 3. The second-order valence-corrected chi connectivity index (χ2v) is 17.1. The van der Waals surface area contributed by atoms with Gasteiger partial charge >= 0.3 is 0 Å². The molecule has 67 heavy (non-hydrogen) atoms. The Morgan fingerprint density at radius 2 is 0.612 bits per heavy atom. The van der Waals surface area contributed by atoms with Crippen LogP contribution in [-0.2, 0) is 6.42 Å². The Kier molecular flexibility index (Phi) is 10.3. The molecule has 314 valence electrons. The van der Waals surface area contributed by atoms with Gasteiger partial charge in [-0.2, -0.15) is 0 Å². The molecule has 0 saturated carbocycles. The Balaban J connectivity index is 1.11. The lowest BCUT2D eigenvalue weighted by atomic mass is 9.79. The van der Waals surface area contributed by atoms with Crippen molar-refractivity contribution in [2.45, 2.75) is 6.42 Å². The number of fused-ring (bicyclic) bond motifs is 3. The van der Waals surface area contributed by atoms with Crippen LogP contribution in [-0.4, -0.2) is 15.0 Å². The first-order chi connectivity index (χ1) is 33.2. The molecule has 0 saturated heterocycles. The molecule has 1 aliphatic rings. The van der Waals surface area contributed by atoms with E-state index in [4.69, 9.17) is 15.0 Å². The van der Waals surface area contributed by atoms with E-state index in [0.717, 1.165) is 78.7 Å².